The smallest absolute Gasteiger partial charge is 0.309 e. The van der Waals surface area contributed by atoms with Gasteiger partial charge >= 0.3 is 5.97 Å². The van der Waals surface area contributed by atoms with Crippen LogP contribution in [0.4, 0.5) is 0 Å². The van der Waals surface area contributed by atoms with Crippen LogP contribution in [0.3, 0.4) is 0 Å². The average Bonchev–Trinajstić information content (AvgIpc) is 2.93. The van der Waals surface area contributed by atoms with Gasteiger partial charge in [-0.1, -0.05) is 13.8 Å². The summed E-state index contributed by atoms with van der Waals surface area (Å²) in [5.74, 6) is 0.921. The number of hydrogen-bond donors (Lipinski definition) is 0. The van der Waals surface area contributed by atoms with Gasteiger partial charge in [0, 0.05) is 37.0 Å². The van der Waals surface area contributed by atoms with E-state index in [1.165, 1.54) is 0 Å². The van der Waals surface area contributed by atoms with Crippen molar-refractivity contribution in [2.75, 3.05) is 0 Å². The van der Waals surface area contributed by atoms with Crippen LogP contribution in [-0.2, 0) is 19.1 Å². The second-order valence-corrected chi connectivity index (χ2v) is 7.83. The van der Waals surface area contributed by atoms with Gasteiger partial charge in [0.25, 0.3) is 0 Å². The van der Waals surface area contributed by atoms with Crippen molar-refractivity contribution in [2.45, 2.75) is 71.3 Å². The van der Waals surface area contributed by atoms with E-state index in [1.807, 2.05) is 13.8 Å². The van der Waals surface area contributed by atoms with Crippen LogP contribution in [0, 0.1) is 23.2 Å². The Labute approximate surface area is 132 Å². The van der Waals surface area contributed by atoms with Gasteiger partial charge < -0.3 is 4.74 Å². The first-order valence-electron chi connectivity index (χ1n) is 8.58. The minimum absolute atomic E-state index is 0.00801. The van der Waals surface area contributed by atoms with E-state index < -0.39 is 5.60 Å². The number of rotatable bonds is 7. The van der Waals surface area contributed by atoms with Gasteiger partial charge in [0.05, 0.1) is 5.92 Å². The molecule has 0 aromatic rings. The van der Waals surface area contributed by atoms with Crippen LogP contribution in [0.15, 0.2) is 0 Å². The summed E-state index contributed by atoms with van der Waals surface area (Å²) in [5.41, 5.74) is -0.744. The topological polar surface area (TPSA) is 60.4 Å². The van der Waals surface area contributed by atoms with E-state index in [1.54, 1.807) is 0 Å². The fourth-order valence-electron chi connectivity index (χ4n) is 5.26. The first-order chi connectivity index (χ1) is 10.3. The van der Waals surface area contributed by atoms with E-state index >= 15 is 0 Å². The average molecular weight is 306 g/mol. The molecule has 122 valence electrons. The maximum Gasteiger partial charge on any atom is 0.309 e. The summed E-state index contributed by atoms with van der Waals surface area (Å²) in [7, 11) is 0. The maximum absolute atomic E-state index is 12.4. The molecule has 4 heteroatoms. The second kappa shape index (κ2) is 5.17. The van der Waals surface area contributed by atoms with E-state index in [9.17, 15) is 14.4 Å². The normalized spacial score (nSPS) is 41.8. The molecule has 0 radical (unpaired) electrons. The van der Waals surface area contributed by atoms with Crippen LogP contribution in [0.25, 0.3) is 0 Å². The highest BCUT2D eigenvalue weighted by Gasteiger charge is 2.73. The molecule has 4 aliphatic rings. The Kier molecular flexibility index (Phi) is 3.69. The molecule has 2 saturated heterocycles. The Morgan fingerprint density at radius 2 is 1.82 bits per heavy atom. The van der Waals surface area contributed by atoms with Crippen LogP contribution in [0.2, 0.25) is 0 Å². The third kappa shape index (κ3) is 2.06. The van der Waals surface area contributed by atoms with Gasteiger partial charge in [0.15, 0.2) is 0 Å². The fourth-order valence-corrected chi connectivity index (χ4v) is 5.26. The zero-order valence-electron chi connectivity index (χ0n) is 13.8. The van der Waals surface area contributed by atoms with Crippen molar-refractivity contribution in [3.8, 4) is 0 Å². The molecule has 2 aliphatic carbocycles. The van der Waals surface area contributed by atoms with Crippen molar-refractivity contribution in [3.63, 3.8) is 0 Å². The molecule has 4 nitrogen and oxygen atoms in total. The minimum atomic E-state index is -0.493. The molecule has 0 aromatic heterocycles. The van der Waals surface area contributed by atoms with Crippen molar-refractivity contribution >= 4 is 17.5 Å². The van der Waals surface area contributed by atoms with Crippen molar-refractivity contribution in [3.05, 3.63) is 0 Å². The maximum atomic E-state index is 12.4. The highest BCUT2D eigenvalue weighted by molar-refractivity contribution is 5.87. The lowest BCUT2D eigenvalue weighted by Crippen LogP contribution is -2.61. The number of hydrogen-bond acceptors (Lipinski definition) is 4. The van der Waals surface area contributed by atoms with Gasteiger partial charge in [0.1, 0.15) is 17.2 Å². The molecule has 5 unspecified atom stereocenters. The fraction of sp³-hybridized carbons (Fsp3) is 0.833. The number of carbonyl (C=O) groups is 3. The lowest BCUT2D eigenvalue weighted by Gasteiger charge is -2.55. The monoisotopic (exact) mass is 306 g/mol. The van der Waals surface area contributed by atoms with Crippen molar-refractivity contribution in [1.82, 2.24) is 0 Å². The van der Waals surface area contributed by atoms with Gasteiger partial charge in [-0.2, -0.15) is 0 Å². The predicted octanol–water partition coefficient (Wildman–Crippen LogP) is 3.07. The standard InChI is InChI=1S/C18H26O4/c1-4-5-12(19)6-7-13(20)10-17(2)15-9-11-8-14(15)16(21)22-18(11,17)3/h11,14-15H,4-10H2,1-3H3. The predicted molar refractivity (Wildman–Crippen MR) is 81.1 cm³/mol. The quantitative estimate of drug-likeness (QED) is 0.678. The molecule has 5 atom stereocenters. The Bertz CT molecular complexity index is 525. The summed E-state index contributed by atoms with van der Waals surface area (Å²) in [6, 6.07) is 0. The molecule has 2 heterocycles. The summed E-state index contributed by atoms with van der Waals surface area (Å²) in [4.78, 5) is 36.0. The molecule has 4 bridgehead atoms. The molecule has 2 saturated carbocycles. The van der Waals surface area contributed by atoms with Crippen molar-refractivity contribution in [2.24, 2.45) is 23.2 Å². The Balaban J connectivity index is 1.67. The Hall–Kier alpha value is -1.19. The third-order valence-corrected chi connectivity index (χ3v) is 6.69. The summed E-state index contributed by atoms with van der Waals surface area (Å²) in [6.45, 7) is 6.10. The summed E-state index contributed by atoms with van der Waals surface area (Å²) in [5, 5.41) is 0. The number of esters is 1. The third-order valence-electron chi connectivity index (χ3n) is 6.69. The van der Waals surface area contributed by atoms with Crippen LogP contribution < -0.4 is 0 Å². The van der Waals surface area contributed by atoms with Crippen molar-refractivity contribution < 1.29 is 19.1 Å². The van der Waals surface area contributed by atoms with E-state index in [2.05, 4.69) is 6.92 Å². The minimum Gasteiger partial charge on any atom is -0.458 e. The number of Topliss-reactive ketones (excluding diaryl/α,β-unsaturated/α-hetero) is 2. The summed E-state index contributed by atoms with van der Waals surface area (Å²) in [6.07, 6.45) is 4.46. The SMILES string of the molecule is CCCC(=O)CCC(=O)CC1(C)C2CC3CC2C(=O)OC31C. The lowest BCUT2D eigenvalue weighted by atomic mass is 9.57. The highest BCUT2D eigenvalue weighted by atomic mass is 16.6. The Morgan fingerprint density at radius 1 is 1.14 bits per heavy atom. The van der Waals surface area contributed by atoms with Gasteiger partial charge in [-0.05, 0) is 32.1 Å². The molecule has 0 aromatic carbocycles. The molecule has 0 amide bonds. The van der Waals surface area contributed by atoms with Gasteiger partial charge in [0.2, 0.25) is 0 Å². The number of ether oxygens (including phenoxy) is 1. The second-order valence-electron chi connectivity index (χ2n) is 7.83. The number of fused-ring (bicyclic) bond motifs is 1. The molecule has 4 fully saturated rings. The molecule has 4 rings (SSSR count). The molecule has 22 heavy (non-hydrogen) atoms. The molecular formula is C18H26O4. The van der Waals surface area contributed by atoms with Crippen LogP contribution >= 0.6 is 0 Å². The number of carbonyl (C=O) groups excluding carboxylic acids is 3. The summed E-state index contributed by atoms with van der Waals surface area (Å²) < 4.78 is 5.75. The highest BCUT2D eigenvalue weighted by Crippen LogP contribution is 2.69. The van der Waals surface area contributed by atoms with Crippen LogP contribution in [-0.4, -0.2) is 23.1 Å². The first kappa shape index (κ1) is 15.7. The lowest BCUT2D eigenvalue weighted by molar-refractivity contribution is -0.221. The molecule has 2 aliphatic heterocycles. The van der Waals surface area contributed by atoms with E-state index in [4.69, 9.17) is 4.74 Å². The van der Waals surface area contributed by atoms with Crippen LogP contribution in [0.1, 0.15) is 65.7 Å². The molecule has 0 spiro atoms. The molecule has 0 N–H and O–H groups in total. The van der Waals surface area contributed by atoms with E-state index in [0.717, 1.165) is 19.3 Å². The van der Waals surface area contributed by atoms with Gasteiger partial charge in [-0.3, -0.25) is 14.4 Å². The van der Waals surface area contributed by atoms with E-state index in [0.29, 0.717) is 31.6 Å². The van der Waals surface area contributed by atoms with Gasteiger partial charge in [-0.15, -0.1) is 0 Å². The van der Waals surface area contributed by atoms with E-state index in [-0.39, 0.29) is 34.8 Å². The molecular weight excluding hydrogens is 280 g/mol. The van der Waals surface area contributed by atoms with Crippen LogP contribution in [0.5, 0.6) is 0 Å². The zero-order valence-corrected chi connectivity index (χ0v) is 13.8. The van der Waals surface area contributed by atoms with Gasteiger partial charge in [-0.25, -0.2) is 0 Å². The zero-order chi connectivity index (χ0) is 16.1. The summed E-state index contributed by atoms with van der Waals surface area (Å²) >= 11 is 0. The number of ketones is 2. The first-order valence-corrected chi connectivity index (χ1v) is 8.58. The van der Waals surface area contributed by atoms with Crippen molar-refractivity contribution in [1.29, 1.82) is 0 Å². The largest absolute Gasteiger partial charge is 0.458 e. The Morgan fingerprint density at radius 3 is 2.45 bits per heavy atom.